The number of esters is 2. The number of carbonyl (C=O) groups is 2. The molecule has 0 saturated carbocycles. The third-order valence-corrected chi connectivity index (χ3v) is 3.32. The van der Waals surface area contributed by atoms with E-state index in [-0.39, 0.29) is 26.1 Å². The Morgan fingerprint density at radius 1 is 0.957 bits per heavy atom. The second-order valence-electron chi connectivity index (χ2n) is 5.09. The van der Waals surface area contributed by atoms with Crippen LogP contribution in [0.4, 0.5) is 0 Å². The molecule has 0 atom stereocenters. The average molecular weight is 312 g/mol. The van der Waals surface area contributed by atoms with Gasteiger partial charge in [0.1, 0.15) is 13.2 Å². The first-order chi connectivity index (χ1) is 11.2. The second kappa shape index (κ2) is 8.73. The van der Waals surface area contributed by atoms with Crippen molar-refractivity contribution in [3.05, 3.63) is 60.2 Å². The van der Waals surface area contributed by atoms with Crippen molar-refractivity contribution >= 4 is 22.7 Å². The SMILES string of the molecule is C/C=C/COC(=O)CCC(=O)OCc1ccc2ccccc2c1. The molecule has 2 aromatic rings. The van der Waals surface area contributed by atoms with Crippen molar-refractivity contribution in [1.29, 1.82) is 0 Å². The van der Waals surface area contributed by atoms with E-state index in [0.717, 1.165) is 16.3 Å². The lowest BCUT2D eigenvalue weighted by Crippen LogP contribution is -2.10. The third kappa shape index (κ3) is 5.58. The first kappa shape index (κ1) is 16.7. The van der Waals surface area contributed by atoms with E-state index in [1.165, 1.54) is 0 Å². The molecule has 0 spiro atoms. The monoisotopic (exact) mass is 312 g/mol. The fraction of sp³-hybridized carbons (Fsp3) is 0.263. The standard InChI is InChI=1S/C19H20O4/c1-2-3-12-22-18(20)10-11-19(21)23-14-15-8-9-16-6-4-5-7-17(16)13-15/h2-9,13H,10-12,14H2,1H3/b3-2+. The maximum Gasteiger partial charge on any atom is 0.306 e. The molecule has 0 aliphatic carbocycles. The fourth-order valence-electron chi connectivity index (χ4n) is 2.08. The minimum Gasteiger partial charge on any atom is -0.461 e. The van der Waals surface area contributed by atoms with E-state index in [2.05, 4.69) is 0 Å². The summed E-state index contributed by atoms with van der Waals surface area (Å²) in [5, 5.41) is 2.25. The van der Waals surface area contributed by atoms with Crippen molar-refractivity contribution in [1.82, 2.24) is 0 Å². The first-order valence-electron chi connectivity index (χ1n) is 7.59. The van der Waals surface area contributed by atoms with Gasteiger partial charge in [-0.3, -0.25) is 9.59 Å². The lowest BCUT2D eigenvalue weighted by atomic mass is 10.1. The van der Waals surface area contributed by atoms with Crippen LogP contribution in [0, 0.1) is 0 Å². The highest BCUT2D eigenvalue weighted by molar-refractivity contribution is 5.83. The van der Waals surface area contributed by atoms with Crippen LogP contribution in [-0.4, -0.2) is 18.5 Å². The number of fused-ring (bicyclic) bond motifs is 1. The smallest absolute Gasteiger partial charge is 0.306 e. The van der Waals surface area contributed by atoms with Crippen LogP contribution < -0.4 is 0 Å². The van der Waals surface area contributed by atoms with Gasteiger partial charge in [0.25, 0.3) is 0 Å². The average Bonchev–Trinajstić information content (AvgIpc) is 2.58. The summed E-state index contributed by atoms with van der Waals surface area (Å²) in [5.74, 6) is -0.799. The second-order valence-corrected chi connectivity index (χ2v) is 5.09. The van der Waals surface area contributed by atoms with Gasteiger partial charge in [0.15, 0.2) is 0 Å². The summed E-state index contributed by atoms with van der Waals surface area (Å²) >= 11 is 0. The highest BCUT2D eigenvalue weighted by Crippen LogP contribution is 2.16. The molecule has 0 unspecified atom stereocenters. The predicted octanol–water partition coefficient (Wildman–Crippen LogP) is 3.78. The van der Waals surface area contributed by atoms with Gasteiger partial charge in [0.05, 0.1) is 12.8 Å². The molecule has 0 radical (unpaired) electrons. The molecule has 0 aliphatic rings. The van der Waals surface area contributed by atoms with Crippen LogP contribution in [0.5, 0.6) is 0 Å². The van der Waals surface area contributed by atoms with Crippen molar-refractivity contribution in [2.75, 3.05) is 6.61 Å². The molecule has 0 bridgehead atoms. The van der Waals surface area contributed by atoms with Crippen molar-refractivity contribution in [3.8, 4) is 0 Å². The molecule has 0 amide bonds. The quantitative estimate of drug-likeness (QED) is 0.576. The predicted molar refractivity (Wildman–Crippen MR) is 88.8 cm³/mol. The van der Waals surface area contributed by atoms with E-state index < -0.39 is 11.9 Å². The zero-order chi connectivity index (χ0) is 16.5. The molecule has 4 heteroatoms. The molecular formula is C19H20O4. The summed E-state index contributed by atoms with van der Waals surface area (Å²) in [4.78, 5) is 23.0. The zero-order valence-corrected chi connectivity index (χ0v) is 13.2. The summed E-state index contributed by atoms with van der Waals surface area (Å²) in [6, 6.07) is 13.9. The number of ether oxygens (including phenoxy) is 2. The summed E-state index contributed by atoms with van der Waals surface area (Å²) in [6.07, 6.45) is 3.59. The normalized spacial score (nSPS) is 10.8. The largest absolute Gasteiger partial charge is 0.461 e. The van der Waals surface area contributed by atoms with Crippen LogP contribution in [0.1, 0.15) is 25.3 Å². The van der Waals surface area contributed by atoms with Gasteiger partial charge in [-0.2, -0.15) is 0 Å². The molecule has 0 aliphatic heterocycles. The van der Waals surface area contributed by atoms with Crippen molar-refractivity contribution < 1.29 is 19.1 Å². The van der Waals surface area contributed by atoms with Crippen LogP contribution in [0.25, 0.3) is 10.8 Å². The molecule has 0 saturated heterocycles. The van der Waals surface area contributed by atoms with Crippen LogP contribution in [-0.2, 0) is 25.7 Å². The molecule has 2 aromatic carbocycles. The van der Waals surface area contributed by atoms with Gasteiger partial charge in [0.2, 0.25) is 0 Å². The van der Waals surface area contributed by atoms with E-state index in [0.29, 0.717) is 0 Å². The minimum atomic E-state index is -0.402. The minimum absolute atomic E-state index is 0.0300. The number of benzene rings is 2. The van der Waals surface area contributed by atoms with Crippen molar-refractivity contribution in [2.45, 2.75) is 26.4 Å². The van der Waals surface area contributed by atoms with Gasteiger partial charge >= 0.3 is 11.9 Å². The highest BCUT2D eigenvalue weighted by atomic mass is 16.5. The van der Waals surface area contributed by atoms with E-state index in [9.17, 15) is 9.59 Å². The highest BCUT2D eigenvalue weighted by Gasteiger charge is 2.09. The molecule has 0 fully saturated rings. The lowest BCUT2D eigenvalue weighted by molar-refractivity contribution is -0.150. The maximum atomic E-state index is 11.7. The van der Waals surface area contributed by atoms with Gasteiger partial charge in [-0.25, -0.2) is 0 Å². The number of carbonyl (C=O) groups excluding carboxylic acids is 2. The Labute approximate surface area is 135 Å². The number of hydrogen-bond acceptors (Lipinski definition) is 4. The van der Waals surface area contributed by atoms with Crippen LogP contribution in [0.2, 0.25) is 0 Å². The van der Waals surface area contributed by atoms with Gasteiger partial charge in [-0.05, 0) is 29.3 Å². The number of rotatable bonds is 7. The molecule has 4 nitrogen and oxygen atoms in total. The van der Waals surface area contributed by atoms with Gasteiger partial charge in [-0.15, -0.1) is 0 Å². The Bertz CT molecular complexity index is 703. The lowest BCUT2D eigenvalue weighted by Gasteiger charge is -2.06. The molecule has 0 N–H and O–H groups in total. The van der Waals surface area contributed by atoms with Crippen LogP contribution in [0.15, 0.2) is 54.6 Å². The van der Waals surface area contributed by atoms with E-state index in [4.69, 9.17) is 9.47 Å². The van der Waals surface area contributed by atoms with Crippen molar-refractivity contribution in [2.24, 2.45) is 0 Å². The van der Waals surface area contributed by atoms with E-state index in [1.807, 2.05) is 49.4 Å². The zero-order valence-electron chi connectivity index (χ0n) is 13.2. The maximum absolute atomic E-state index is 11.7. The number of hydrogen-bond donors (Lipinski definition) is 0. The Balaban J connectivity index is 1.76. The molecule has 0 heterocycles. The van der Waals surface area contributed by atoms with Crippen molar-refractivity contribution in [3.63, 3.8) is 0 Å². The van der Waals surface area contributed by atoms with Gasteiger partial charge in [-0.1, -0.05) is 48.6 Å². The summed E-state index contributed by atoms with van der Waals surface area (Å²) in [5.41, 5.74) is 0.924. The molecule has 0 aromatic heterocycles. The van der Waals surface area contributed by atoms with E-state index >= 15 is 0 Å². The molecule has 23 heavy (non-hydrogen) atoms. The van der Waals surface area contributed by atoms with E-state index in [1.54, 1.807) is 12.2 Å². The topological polar surface area (TPSA) is 52.6 Å². The molecule has 120 valence electrons. The Hall–Kier alpha value is -2.62. The fourth-order valence-corrected chi connectivity index (χ4v) is 2.08. The Kier molecular flexibility index (Phi) is 6.36. The molecule has 2 rings (SSSR count). The third-order valence-electron chi connectivity index (χ3n) is 3.32. The van der Waals surface area contributed by atoms with Gasteiger partial charge in [0, 0.05) is 0 Å². The van der Waals surface area contributed by atoms with Gasteiger partial charge < -0.3 is 9.47 Å². The first-order valence-corrected chi connectivity index (χ1v) is 7.59. The Morgan fingerprint density at radius 2 is 1.65 bits per heavy atom. The summed E-state index contributed by atoms with van der Waals surface area (Å²) < 4.78 is 10.1. The molecular weight excluding hydrogens is 292 g/mol. The number of allylic oxidation sites excluding steroid dienone is 1. The Morgan fingerprint density at radius 3 is 2.39 bits per heavy atom. The van der Waals surface area contributed by atoms with Crippen LogP contribution in [0.3, 0.4) is 0 Å². The summed E-state index contributed by atoms with van der Waals surface area (Å²) in [6.45, 7) is 2.29. The van der Waals surface area contributed by atoms with Crippen LogP contribution >= 0.6 is 0 Å². The summed E-state index contributed by atoms with van der Waals surface area (Å²) in [7, 11) is 0.